The van der Waals surface area contributed by atoms with Crippen LogP contribution in [0, 0.1) is 5.92 Å². The maximum absolute atomic E-state index is 12.6. The Kier molecular flexibility index (Phi) is 6.52. The predicted octanol–water partition coefficient (Wildman–Crippen LogP) is 4.81. The van der Waals surface area contributed by atoms with Crippen LogP contribution in [0.3, 0.4) is 0 Å². The molecule has 0 unspecified atom stereocenters. The van der Waals surface area contributed by atoms with E-state index in [1.54, 1.807) is 26.4 Å². The summed E-state index contributed by atoms with van der Waals surface area (Å²) in [6.45, 7) is 1.58. The van der Waals surface area contributed by atoms with Crippen LogP contribution in [0.5, 0.6) is 11.5 Å². The number of hydrogen-bond acceptors (Lipinski definition) is 6. The summed E-state index contributed by atoms with van der Waals surface area (Å²) in [6, 6.07) is 23.5. The van der Waals surface area contributed by atoms with Gasteiger partial charge in [0.05, 0.1) is 33.0 Å². The lowest BCUT2D eigenvalue weighted by Gasteiger charge is -2.49. The number of rotatable bonds is 6. The predicted molar refractivity (Wildman–Crippen MR) is 128 cm³/mol. The van der Waals surface area contributed by atoms with E-state index in [0.717, 1.165) is 24.3 Å². The second-order valence-electron chi connectivity index (χ2n) is 8.66. The average molecular weight is 460 g/mol. The van der Waals surface area contributed by atoms with Crippen molar-refractivity contribution >= 4 is 5.97 Å². The second kappa shape index (κ2) is 9.87. The van der Waals surface area contributed by atoms with Crippen molar-refractivity contribution in [1.29, 1.82) is 0 Å². The van der Waals surface area contributed by atoms with Crippen molar-refractivity contribution in [2.45, 2.75) is 18.7 Å². The number of esters is 1. The summed E-state index contributed by atoms with van der Waals surface area (Å²) in [7, 11) is 3.31. The van der Waals surface area contributed by atoms with Crippen LogP contribution in [0.25, 0.3) is 0 Å². The molecule has 0 aromatic heterocycles. The zero-order chi connectivity index (χ0) is 23.5. The molecule has 1 saturated heterocycles. The summed E-state index contributed by atoms with van der Waals surface area (Å²) in [4.78, 5) is 15.0. The Hall–Kier alpha value is -3.35. The Morgan fingerprint density at radius 1 is 0.971 bits per heavy atom. The van der Waals surface area contributed by atoms with Gasteiger partial charge in [-0.25, -0.2) is 4.79 Å². The Labute approximate surface area is 200 Å². The molecule has 6 heteroatoms. The topological polar surface area (TPSA) is 57.2 Å². The fourth-order valence-electron chi connectivity index (χ4n) is 5.07. The number of hydrogen-bond donors (Lipinski definition) is 0. The Bertz CT molecular complexity index is 1130. The summed E-state index contributed by atoms with van der Waals surface area (Å²) in [5.74, 6) is 1.09. The fraction of sp³-hybridized carbons (Fsp3) is 0.321. The number of carbonyl (C=O) groups is 1. The highest BCUT2D eigenvalue weighted by atomic mass is 16.5. The van der Waals surface area contributed by atoms with Crippen LogP contribution in [0.1, 0.15) is 39.3 Å². The highest BCUT2D eigenvalue weighted by molar-refractivity contribution is 5.89. The molecule has 0 aliphatic carbocycles. The van der Waals surface area contributed by atoms with Crippen LogP contribution >= 0.6 is 0 Å². The molecule has 0 spiro atoms. The lowest BCUT2D eigenvalue weighted by atomic mass is 9.83. The number of ether oxygens (including phenoxy) is 4. The van der Waals surface area contributed by atoms with Crippen LogP contribution in [0.2, 0.25) is 0 Å². The quantitative estimate of drug-likeness (QED) is 0.494. The molecule has 34 heavy (non-hydrogen) atoms. The lowest BCUT2D eigenvalue weighted by Crippen LogP contribution is -2.49. The third kappa shape index (κ3) is 4.27. The van der Waals surface area contributed by atoms with E-state index in [1.165, 1.54) is 11.1 Å². The SMILES string of the molecule is COc1cc2c(cc1OC)[C@H]1[C@@H](COC(=O)c3ccccc3)CO[C@@H](c3ccccc3)N1CC2. The standard InChI is InChI=1S/C28H29NO5/c1-31-24-15-21-13-14-29-26(23(21)16-25(24)32-2)22(17-33-27(29)19-9-5-3-6-10-19)18-34-28(30)20-11-7-4-8-12-20/h3-12,15-16,22,26-27H,13-14,17-18H2,1-2H3/t22-,26-,27+/m1/s1. The maximum atomic E-state index is 12.6. The summed E-state index contributed by atoms with van der Waals surface area (Å²) in [6.07, 6.45) is 0.712. The fourth-order valence-corrected chi connectivity index (χ4v) is 5.07. The normalized spacial score (nSPS) is 21.8. The number of methoxy groups -OCH3 is 2. The van der Waals surface area contributed by atoms with E-state index >= 15 is 0 Å². The molecule has 2 aliphatic heterocycles. The molecule has 176 valence electrons. The van der Waals surface area contributed by atoms with Crippen molar-refractivity contribution in [3.8, 4) is 11.5 Å². The monoisotopic (exact) mass is 459 g/mol. The van der Waals surface area contributed by atoms with Gasteiger partial charge in [0, 0.05) is 18.5 Å². The largest absolute Gasteiger partial charge is 0.493 e. The van der Waals surface area contributed by atoms with Crippen LogP contribution in [-0.4, -0.2) is 44.8 Å². The second-order valence-corrected chi connectivity index (χ2v) is 8.66. The Balaban J connectivity index is 1.47. The highest BCUT2D eigenvalue weighted by Gasteiger charge is 2.43. The van der Waals surface area contributed by atoms with Gasteiger partial charge in [-0.05, 0) is 47.4 Å². The summed E-state index contributed by atoms with van der Waals surface area (Å²) < 4.78 is 23.3. The lowest BCUT2D eigenvalue weighted by molar-refractivity contribution is -0.166. The van der Waals surface area contributed by atoms with Gasteiger partial charge in [-0.3, -0.25) is 4.90 Å². The molecule has 0 bridgehead atoms. The van der Waals surface area contributed by atoms with Crippen LogP contribution in [0.4, 0.5) is 0 Å². The van der Waals surface area contributed by atoms with Crippen LogP contribution in [0.15, 0.2) is 72.8 Å². The number of benzene rings is 3. The maximum Gasteiger partial charge on any atom is 0.338 e. The molecule has 3 atom stereocenters. The zero-order valence-corrected chi connectivity index (χ0v) is 19.5. The van der Waals surface area contributed by atoms with E-state index in [-0.39, 0.29) is 30.8 Å². The minimum absolute atomic E-state index is 0.0195. The molecule has 3 aromatic rings. The number of nitrogens with zero attached hydrogens (tertiary/aromatic N) is 1. The van der Waals surface area contributed by atoms with E-state index in [2.05, 4.69) is 29.2 Å². The first-order valence-electron chi connectivity index (χ1n) is 11.6. The average Bonchev–Trinajstić information content (AvgIpc) is 2.91. The van der Waals surface area contributed by atoms with Crippen molar-refractivity contribution in [2.75, 3.05) is 34.0 Å². The first-order chi connectivity index (χ1) is 16.7. The Morgan fingerprint density at radius 2 is 1.65 bits per heavy atom. The van der Waals surface area contributed by atoms with E-state index in [1.807, 2.05) is 36.4 Å². The van der Waals surface area contributed by atoms with Gasteiger partial charge < -0.3 is 18.9 Å². The third-order valence-electron chi connectivity index (χ3n) is 6.70. The van der Waals surface area contributed by atoms with E-state index in [4.69, 9.17) is 18.9 Å². The van der Waals surface area contributed by atoms with Crippen molar-refractivity contribution in [3.63, 3.8) is 0 Å². The summed E-state index contributed by atoms with van der Waals surface area (Å²) in [5.41, 5.74) is 4.07. The van der Waals surface area contributed by atoms with Gasteiger partial charge in [-0.15, -0.1) is 0 Å². The highest BCUT2D eigenvalue weighted by Crippen LogP contribution is 2.47. The van der Waals surface area contributed by atoms with Gasteiger partial charge in [0.15, 0.2) is 11.5 Å². The van der Waals surface area contributed by atoms with E-state index in [9.17, 15) is 4.79 Å². The van der Waals surface area contributed by atoms with Crippen molar-refractivity contribution in [2.24, 2.45) is 5.92 Å². The van der Waals surface area contributed by atoms with Crippen molar-refractivity contribution in [3.05, 3.63) is 95.1 Å². The first-order valence-corrected chi connectivity index (χ1v) is 11.6. The van der Waals surface area contributed by atoms with E-state index < -0.39 is 0 Å². The summed E-state index contributed by atoms with van der Waals surface area (Å²) >= 11 is 0. The van der Waals surface area contributed by atoms with E-state index in [0.29, 0.717) is 17.9 Å². The minimum Gasteiger partial charge on any atom is -0.493 e. The third-order valence-corrected chi connectivity index (χ3v) is 6.70. The molecule has 3 aromatic carbocycles. The molecular weight excluding hydrogens is 430 g/mol. The first kappa shape index (κ1) is 22.4. The number of fused-ring (bicyclic) bond motifs is 3. The minimum atomic E-state index is -0.319. The van der Waals surface area contributed by atoms with Gasteiger partial charge >= 0.3 is 5.97 Å². The molecule has 5 rings (SSSR count). The van der Waals surface area contributed by atoms with Crippen LogP contribution < -0.4 is 9.47 Å². The van der Waals surface area contributed by atoms with Gasteiger partial charge in [0.1, 0.15) is 6.23 Å². The molecule has 6 nitrogen and oxygen atoms in total. The molecule has 0 amide bonds. The van der Waals surface area contributed by atoms with Gasteiger partial charge in [0.25, 0.3) is 0 Å². The smallest absolute Gasteiger partial charge is 0.338 e. The van der Waals surface area contributed by atoms with Gasteiger partial charge in [-0.1, -0.05) is 48.5 Å². The molecule has 0 saturated carbocycles. The molecule has 1 fully saturated rings. The summed E-state index contributed by atoms with van der Waals surface area (Å²) in [5, 5.41) is 0. The number of carbonyl (C=O) groups excluding carboxylic acids is 1. The Morgan fingerprint density at radius 3 is 2.35 bits per heavy atom. The molecular formula is C28H29NO5. The molecule has 0 N–H and O–H groups in total. The van der Waals surface area contributed by atoms with Gasteiger partial charge in [0.2, 0.25) is 0 Å². The molecule has 2 heterocycles. The molecule has 0 radical (unpaired) electrons. The van der Waals surface area contributed by atoms with Crippen molar-refractivity contribution < 1.29 is 23.7 Å². The van der Waals surface area contributed by atoms with Crippen LogP contribution in [-0.2, 0) is 15.9 Å². The zero-order valence-electron chi connectivity index (χ0n) is 19.5. The molecule has 2 aliphatic rings. The van der Waals surface area contributed by atoms with Crippen molar-refractivity contribution in [1.82, 2.24) is 4.90 Å². The van der Waals surface area contributed by atoms with Gasteiger partial charge in [-0.2, -0.15) is 0 Å².